The van der Waals surface area contributed by atoms with E-state index in [0.29, 0.717) is 24.8 Å². The molecule has 1 aromatic rings. The zero-order chi connectivity index (χ0) is 12.3. The number of nitrogens with one attached hydrogen (secondary N) is 1. The van der Waals surface area contributed by atoms with Crippen LogP contribution in [0.25, 0.3) is 0 Å². The molecule has 0 spiro atoms. The van der Waals surface area contributed by atoms with Gasteiger partial charge in [0, 0.05) is 20.3 Å². The minimum Gasteiger partial charge on any atom is -0.396 e. The maximum absolute atomic E-state index is 5.48. The van der Waals surface area contributed by atoms with Crippen LogP contribution in [-0.4, -0.2) is 43.4 Å². The number of unbranched alkanes of at least 4 members (excludes halogenated alkanes) is 1. The van der Waals surface area contributed by atoms with Gasteiger partial charge in [-0.15, -0.1) is 0 Å². The van der Waals surface area contributed by atoms with Crippen LogP contribution in [-0.2, 0) is 9.47 Å². The Balaban J connectivity index is 1.95. The molecule has 0 fully saturated rings. The number of hydrogen-bond acceptors (Lipinski definition) is 6. The van der Waals surface area contributed by atoms with Gasteiger partial charge >= 0.3 is 0 Å². The summed E-state index contributed by atoms with van der Waals surface area (Å²) in [6.45, 7) is 2.90. The molecular formula is C11H20N4O2. The lowest BCUT2D eigenvalue weighted by Crippen LogP contribution is -2.08. The van der Waals surface area contributed by atoms with Crippen LogP contribution in [0.4, 0.5) is 11.6 Å². The van der Waals surface area contributed by atoms with Crippen LogP contribution in [0.5, 0.6) is 0 Å². The number of nitrogens with zero attached hydrogens (tertiary/aromatic N) is 2. The van der Waals surface area contributed by atoms with Gasteiger partial charge in [0.2, 0.25) is 5.95 Å². The van der Waals surface area contributed by atoms with Gasteiger partial charge in [-0.05, 0) is 12.8 Å². The molecule has 0 aliphatic carbocycles. The molecule has 6 nitrogen and oxygen atoms in total. The first-order valence-electron chi connectivity index (χ1n) is 5.71. The number of nitrogen functional groups attached to an aromatic ring is 1. The maximum atomic E-state index is 5.48. The average molecular weight is 240 g/mol. The molecule has 0 atom stereocenters. The molecule has 0 unspecified atom stereocenters. The number of rotatable bonds is 9. The fourth-order valence-corrected chi connectivity index (χ4v) is 1.20. The highest BCUT2D eigenvalue weighted by atomic mass is 16.5. The van der Waals surface area contributed by atoms with Gasteiger partial charge in [-0.3, -0.25) is 0 Å². The summed E-state index contributed by atoms with van der Waals surface area (Å²) in [6, 6.07) is 0. The number of nitrogens with two attached hydrogens (primary N) is 1. The predicted octanol–water partition coefficient (Wildman–Crippen LogP) is 0.914. The molecule has 0 saturated carbocycles. The van der Waals surface area contributed by atoms with Crippen LogP contribution < -0.4 is 11.1 Å². The fraction of sp³-hybridized carbons (Fsp3) is 0.636. The second-order valence-corrected chi connectivity index (χ2v) is 3.58. The molecule has 6 heteroatoms. The first kappa shape index (κ1) is 13.7. The maximum Gasteiger partial charge on any atom is 0.222 e. The lowest BCUT2D eigenvalue weighted by Gasteiger charge is -2.05. The summed E-state index contributed by atoms with van der Waals surface area (Å²) in [4.78, 5) is 8.08. The zero-order valence-corrected chi connectivity index (χ0v) is 10.2. The van der Waals surface area contributed by atoms with Crippen LogP contribution in [0.2, 0.25) is 0 Å². The van der Waals surface area contributed by atoms with Crippen LogP contribution in [0, 0.1) is 0 Å². The fourth-order valence-electron chi connectivity index (χ4n) is 1.20. The van der Waals surface area contributed by atoms with Gasteiger partial charge in [0.05, 0.1) is 31.3 Å². The van der Waals surface area contributed by atoms with Crippen molar-refractivity contribution >= 4 is 11.6 Å². The summed E-state index contributed by atoms with van der Waals surface area (Å²) in [5.41, 5.74) is 6.05. The van der Waals surface area contributed by atoms with E-state index in [1.54, 1.807) is 19.5 Å². The Morgan fingerprint density at radius 3 is 2.65 bits per heavy atom. The van der Waals surface area contributed by atoms with Gasteiger partial charge in [-0.1, -0.05) is 0 Å². The molecule has 96 valence electrons. The zero-order valence-electron chi connectivity index (χ0n) is 10.2. The number of methoxy groups -OCH3 is 1. The van der Waals surface area contributed by atoms with Crippen molar-refractivity contribution in [2.45, 2.75) is 12.8 Å². The Kier molecular flexibility index (Phi) is 7.01. The number of hydrogen-bond donors (Lipinski definition) is 2. The van der Waals surface area contributed by atoms with Crippen molar-refractivity contribution in [1.82, 2.24) is 9.97 Å². The summed E-state index contributed by atoms with van der Waals surface area (Å²) >= 11 is 0. The van der Waals surface area contributed by atoms with E-state index >= 15 is 0 Å². The molecule has 0 aliphatic rings. The molecule has 0 saturated heterocycles. The highest BCUT2D eigenvalue weighted by Crippen LogP contribution is 2.01. The Bertz CT molecular complexity index is 292. The number of anilines is 2. The van der Waals surface area contributed by atoms with E-state index in [1.165, 1.54) is 0 Å². The van der Waals surface area contributed by atoms with E-state index in [9.17, 15) is 0 Å². The second kappa shape index (κ2) is 8.72. The van der Waals surface area contributed by atoms with Gasteiger partial charge in [-0.2, -0.15) is 0 Å². The minimum absolute atomic E-state index is 0.571. The van der Waals surface area contributed by atoms with Gasteiger partial charge in [-0.25, -0.2) is 9.97 Å². The Labute approximate surface area is 102 Å². The van der Waals surface area contributed by atoms with E-state index in [-0.39, 0.29) is 0 Å². The molecule has 0 amide bonds. The van der Waals surface area contributed by atoms with Crippen LogP contribution in [0.15, 0.2) is 12.4 Å². The SMILES string of the molecule is COCCOCCCCNc1ncc(N)cn1. The molecule has 0 aliphatic heterocycles. The molecule has 0 bridgehead atoms. The second-order valence-electron chi connectivity index (χ2n) is 3.58. The molecular weight excluding hydrogens is 220 g/mol. The van der Waals surface area contributed by atoms with E-state index in [1.807, 2.05) is 0 Å². The lowest BCUT2D eigenvalue weighted by atomic mass is 10.3. The number of ether oxygens (including phenoxy) is 2. The van der Waals surface area contributed by atoms with Crippen molar-refractivity contribution in [2.75, 3.05) is 44.5 Å². The summed E-state index contributed by atoms with van der Waals surface area (Å²) in [5, 5.41) is 3.12. The third-order valence-electron chi connectivity index (χ3n) is 2.10. The smallest absolute Gasteiger partial charge is 0.222 e. The molecule has 3 N–H and O–H groups in total. The Hall–Kier alpha value is -1.40. The van der Waals surface area contributed by atoms with E-state index in [0.717, 1.165) is 26.0 Å². The third kappa shape index (κ3) is 6.70. The van der Waals surface area contributed by atoms with Gasteiger partial charge in [0.25, 0.3) is 0 Å². The van der Waals surface area contributed by atoms with Gasteiger partial charge in [0.1, 0.15) is 0 Å². The Morgan fingerprint density at radius 1 is 1.18 bits per heavy atom. The average Bonchev–Trinajstić information content (AvgIpc) is 2.35. The molecule has 0 radical (unpaired) electrons. The van der Waals surface area contributed by atoms with Crippen molar-refractivity contribution in [3.8, 4) is 0 Å². The molecule has 1 rings (SSSR count). The summed E-state index contributed by atoms with van der Waals surface area (Å²) in [7, 11) is 1.67. The third-order valence-corrected chi connectivity index (χ3v) is 2.10. The highest BCUT2D eigenvalue weighted by Gasteiger charge is 1.94. The molecule has 1 aromatic heterocycles. The molecule has 1 heterocycles. The highest BCUT2D eigenvalue weighted by molar-refractivity contribution is 5.35. The van der Waals surface area contributed by atoms with Crippen molar-refractivity contribution in [3.63, 3.8) is 0 Å². The molecule has 17 heavy (non-hydrogen) atoms. The van der Waals surface area contributed by atoms with E-state index in [4.69, 9.17) is 15.2 Å². The topological polar surface area (TPSA) is 82.3 Å². The Morgan fingerprint density at radius 2 is 1.94 bits per heavy atom. The summed E-state index contributed by atoms with van der Waals surface area (Å²) in [6.07, 6.45) is 5.19. The predicted molar refractivity (Wildman–Crippen MR) is 66.9 cm³/mol. The summed E-state index contributed by atoms with van der Waals surface area (Å²) < 4.78 is 10.2. The first-order chi connectivity index (χ1) is 8.33. The number of aromatic nitrogens is 2. The molecule has 0 aromatic carbocycles. The van der Waals surface area contributed by atoms with Crippen molar-refractivity contribution in [3.05, 3.63) is 12.4 Å². The summed E-state index contributed by atoms with van der Waals surface area (Å²) in [5.74, 6) is 0.611. The quantitative estimate of drug-likeness (QED) is 0.624. The van der Waals surface area contributed by atoms with Crippen molar-refractivity contribution in [2.24, 2.45) is 0 Å². The van der Waals surface area contributed by atoms with Gasteiger partial charge in [0.15, 0.2) is 0 Å². The van der Waals surface area contributed by atoms with Crippen LogP contribution in [0.3, 0.4) is 0 Å². The van der Waals surface area contributed by atoms with Crippen molar-refractivity contribution in [1.29, 1.82) is 0 Å². The minimum atomic E-state index is 0.571. The van der Waals surface area contributed by atoms with E-state index < -0.39 is 0 Å². The van der Waals surface area contributed by atoms with Crippen LogP contribution >= 0.6 is 0 Å². The van der Waals surface area contributed by atoms with Crippen LogP contribution in [0.1, 0.15) is 12.8 Å². The largest absolute Gasteiger partial charge is 0.396 e. The monoisotopic (exact) mass is 240 g/mol. The first-order valence-corrected chi connectivity index (χ1v) is 5.71. The standard InChI is InChI=1S/C11H20N4O2/c1-16-6-7-17-5-3-2-4-13-11-14-8-10(12)9-15-11/h8-9H,2-7,12H2,1H3,(H,13,14,15). The van der Waals surface area contributed by atoms with E-state index in [2.05, 4.69) is 15.3 Å². The lowest BCUT2D eigenvalue weighted by molar-refractivity contribution is 0.0691. The van der Waals surface area contributed by atoms with Crippen molar-refractivity contribution < 1.29 is 9.47 Å². The van der Waals surface area contributed by atoms with Gasteiger partial charge < -0.3 is 20.5 Å². The normalized spacial score (nSPS) is 10.4.